The lowest BCUT2D eigenvalue weighted by molar-refractivity contribution is -0.140. The molecule has 4 rings (SSSR count). The van der Waals surface area contributed by atoms with Crippen molar-refractivity contribution in [1.29, 1.82) is 0 Å². The average Bonchev–Trinajstić information content (AvgIpc) is 2.99. The number of hydrogen-bond donors (Lipinski definition) is 1. The molecule has 0 saturated carbocycles. The molecule has 0 bridgehead atoms. The molecule has 3 aromatic carbocycles. The molecule has 0 radical (unpaired) electrons. The first-order valence-electron chi connectivity index (χ1n) is 10.8. The predicted octanol–water partition coefficient (Wildman–Crippen LogP) is 5.42. The van der Waals surface area contributed by atoms with E-state index in [-0.39, 0.29) is 19.1 Å². The van der Waals surface area contributed by atoms with Crippen molar-refractivity contribution in [1.82, 2.24) is 4.90 Å². The summed E-state index contributed by atoms with van der Waals surface area (Å²) in [6.07, 6.45) is 0. The Bertz CT molecular complexity index is 1280. The van der Waals surface area contributed by atoms with Gasteiger partial charge in [-0.1, -0.05) is 41.4 Å². The van der Waals surface area contributed by atoms with Crippen molar-refractivity contribution < 1.29 is 23.8 Å². The SMILES string of the molecule is COc1ccc(CN2C(=O)COc3c(C)cccc3C2C(=O)Nc2ccc(Cl)c(Cl)c2)c(OC)c1. The standard InChI is InChI=1S/C26H24Cl2N2O5/c1-15-5-4-6-19-24(26(32)29-17-8-10-20(27)21(28)11-17)30(23(31)14-35-25(15)19)13-16-7-9-18(33-2)12-22(16)34-3/h4-12,24H,13-14H2,1-3H3,(H,29,32). The molecule has 0 aliphatic carbocycles. The van der Waals surface area contributed by atoms with Crippen molar-refractivity contribution in [2.24, 2.45) is 0 Å². The van der Waals surface area contributed by atoms with Crippen molar-refractivity contribution in [3.63, 3.8) is 0 Å². The van der Waals surface area contributed by atoms with Gasteiger partial charge in [0.05, 0.1) is 30.8 Å². The van der Waals surface area contributed by atoms with Crippen molar-refractivity contribution in [3.8, 4) is 17.2 Å². The van der Waals surface area contributed by atoms with Crippen LogP contribution in [0.4, 0.5) is 5.69 Å². The topological polar surface area (TPSA) is 77.1 Å². The van der Waals surface area contributed by atoms with Gasteiger partial charge < -0.3 is 24.4 Å². The van der Waals surface area contributed by atoms with Crippen LogP contribution in [0, 0.1) is 6.92 Å². The van der Waals surface area contributed by atoms with E-state index in [0.717, 1.165) is 5.56 Å². The van der Waals surface area contributed by atoms with Gasteiger partial charge in [0.1, 0.15) is 23.3 Å². The molecule has 1 aliphatic rings. The number of hydrogen-bond acceptors (Lipinski definition) is 5. The van der Waals surface area contributed by atoms with Crippen molar-refractivity contribution in [3.05, 3.63) is 81.3 Å². The Morgan fingerprint density at radius 3 is 2.60 bits per heavy atom. The largest absolute Gasteiger partial charge is 0.497 e. The van der Waals surface area contributed by atoms with E-state index in [1.165, 1.54) is 4.90 Å². The third-order valence-electron chi connectivity index (χ3n) is 5.78. The van der Waals surface area contributed by atoms with E-state index in [9.17, 15) is 9.59 Å². The summed E-state index contributed by atoms with van der Waals surface area (Å²) in [5.74, 6) is 0.912. The van der Waals surface area contributed by atoms with Gasteiger partial charge in [0, 0.05) is 22.9 Å². The van der Waals surface area contributed by atoms with E-state index in [1.807, 2.05) is 25.1 Å². The Balaban J connectivity index is 1.77. The van der Waals surface area contributed by atoms with E-state index >= 15 is 0 Å². The van der Waals surface area contributed by atoms with Crippen molar-refractivity contribution >= 4 is 40.7 Å². The van der Waals surface area contributed by atoms with E-state index in [1.54, 1.807) is 50.6 Å². The Kier molecular flexibility index (Phi) is 7.38. The van der Waals surface area contributed by atoms with Gasteiger partial charge in [0.15, 0.2) is 6.61 Å². The molecule has 1 atom stereocenters. The number of nitrogens with zero attached hydrogens (tertiary/aromatic N) is 1. The summed E-state index contributed by atoms with van der Waals surface area (Å²) >= 11 is 12.2. The molecule has 2 amide bonds. The number of benzene rings is 3. The Morgan fingerprint density at radius 2 is 1.89 bits per heavy atom. The highest BCUT2D eigenvalue weighted by Crippen LogP contribution is 2.38. The van der Waals surface area contributed by atoms with Crippen LogP contribution in [-0.4, -0.2) is 37.5 Å². The zero-order chi connectivity index (χ0) is 25.1. The second-order valence-electron chi connectivity index (χ2n) is 8.00. The summed E-state index contributed by atoms with van der Waals surface area (Å²) in [4.78, 5) is 28.5. The van der Waals surface area contributed by atoms with Crippen LogP contribution in [0.2, 0.25) is 10.0 Å². The number of anilines is 1. The summed E-state index contributed by atoms with van der Waals surface area (Å²) in [5, 5.41) is 3.55. The fourth-order valence-corrected chi connectivity index (χ4v) is 4.33. The number of aryl methyl sites for hydroxylation is 1. The average molecular weight is 515 g/mol. The third-order valence-corrected chi connectivity index (χ3v) is 6.52. The zero-order valence-electron chi connectivity index (χ0n) is 19.4. The second kappa shape index (κ2) is 10.5. The van der Waals surface area contributed by atoms with Gasteiger partial charge in [-0.2, -0.15) is 0 Å². The van der Waals surface area contributed by atoms with Gasteiger partial charge in [-0.15, -0.1) is 0 Å². The van der Waals surface area contributed by atoms with Crippen LogP contribution >= 0.6 is 23.2 Å². The highest BCUT2D eigenvalue weighted by molar-refractivity contribution is 6.42. The number of amides is 2. The molecule has 1 heterocycles. The molecule has 1 N–H and O–H groups in total. The van der Waals surface area contributed by atoms with E-state index < -0.39 is 11.9 Å². The quantitative estimate of drug-likeness (QED) is 0.475. The number of methoxy groups -OCH3 is 2. The fourth-order valence-electron chi connectivity index (χ4n) is 4.03. The number of para-hydroxylation sites is 1. The number of carbonyl (C=O) groups excluding carboxylic acids is 2. The molecule has 182 valence electrons. The van der Waals surface area contributed by atoms with Gasteiger partial charge in [0.2, 0.25) is 0 Å². The normalized spacial score (nSPS) is 15.1. The van der Waals surface area contributed by atoms with Crippen LogP contribution in [0.5, 0.6) is 17.2 Å². The van der Waals surface area contributed by atoms with Gasteiger partial charge in [-0.05, 0) is 42.8 Å². The van der Waals surface area contributed by atoms with Crippen LogP contribution < -0.4 is 19.5 Å². The lowest BCUT2D eigenvalue weighted by Crippen LogP contribution is -2.41. The first-order chi connectivity index (χ1) is 16.8. The highest BCUT2D eigenvalue weighted by Gasteiger charge is 2.37. The minimum absolute atomic E-state index is 0.113. The molecule has 9 heteroatoms. The molecule has 1 unspecified atom stereocenters. The van der Waals surface area contributed by atoms with Crippen LogP contribution in [0.25, 0.3) is 0 Å². The van der Waals surface area contributed by atoms with Gasteiger partial charge in [0.25, 0.3) is 11.8 Å². The first kappa shape index (κ1) is 24.7. The molecular formula is C26H24Cl2N2O5. The monoisotopic (exact) mass is 514 g/mol. The van der Waals surface area contributed by atoms with Crippen LogP contribution in [0.1, 0.15) is 22.7 Å². The summed E-state index contributed by atoms with van der Waals surface area (Å²) in [6.45, 7) is 1.79. The minimum atomic E-state index is -0.971. The molecule has 0 spiro atoms. The molecule has 1 aliphatic heterocycles. The smallest absolute Gasteiger partial charge is 0.261 e. The van der Waals surface area contributed by atoms with Crippen LogP contribution in [-0.2, 0) is 16.1 Å². The number of ether oxygens (including phenoxy) is 3. The minimum Gasteiger partial charge on any atom is -0.497 e. The zero-order valence-corrected chi connectivity index (χ0v) is 20.9. The Hall–Kier alpha value is -3.42. The molecule has 7 nitrogen and oxygen atoms in total. The third kappa shape index (κ3) is 5.16. The summed E-state index contributed by atoms with van der Waals surface area (Å²) < 4.78 is 16.7. The van der Waals surface area contributed by atoms with Crippen LogP contribution in [0.15, 0.2) is 54.6 Å². The summed E-state index contributed by atoms with van der Waals surface area (Å²) in [5.41, 5.74) is 2.58. The fraction of sp³-hybridized carbons (Fsp3) is 0.231. The number of carbonyl (C=O) groups is 2. The maximum Gasteiger partial charge on any atom is 0.261 e. The molecule has 0 fully saturated rings. The van der Waals surface area contributed by atoms with Crippen LogP contribution in [0.3, 0.4) is 0 Å². The molecular weight excluding hydrogens is 491 g/mol. The van der Waals surface area contributed by atoms with Crippen molar-refractivity contribution in [2.75, 3.05) is 26.1 Å². The Morgan fingerprint density at radius 1 is 1.09 bits per heavy atom. The first-order valence-corrected chi connectivity index (χ1v) is 11.6. The number of nitrogens with one attached hydrogen (secondary N) is 1. The van der Waals surface area contributed by atoms with Gasteiger partial charge in [-0.3, -0.25) is 9.59 Å². The Labute approximate surface area is 213 Å². The van der Waals surface area contributed by atoms with E-state index in [4.69, 9.17) is 37.4 Å². The van der Waals surface area contributed by atoms with Crippen molar-refractivity contribution in [2.45, 2.75) is 19.5 Å². The molecule has 35 heavy (non-hydrogen) atoms. The molecule has 0 aromatic heterocycles. The maximum absolute atomic E-state index is 13.7. The molecule has 0 saturated heterocycles. The van der Waals surface area contributed by atoms with E-state index in [0.29, 0.717) is 44.1 Å². The summed E-state index contributed by atoms with van der Waals surface area (Å²) in [6, 6.07) is 14.6. The second-order valence-corrected chi connectivity index (χ2v) is 8.82. The molecule has 3 aromatic rings. The summed E-state index contributed by atoms with van der Waals surface area (Å²) in [7, 11) is 3.10. The highest BCUT2D eigenvalue weighted by atomic mass is 35.5. The predicted molar refractivity (Wildman–Crippen MR) is 135 cm³/mol. The number of fused-ring (bicyclic) bond motifs is 1. The number of rotatable bonds is 6. The maximum atomic E-state index is 13.7. The lowest BCUT2D eigenvalue weighted by atomic mass is 9.99. The number of halogens is 2. The lowest BCUT2D eigenvalue weighted by Gasteiger charge is -2.30. The van der Waals surface area contributed by atoms with E-state index in [2.05, 4.69) is 5.32 Å². The van der Waals surface area contributed by atoms with Gasteiger partial charge in [-0.25, -0.2) is 0 Å². The van der Waals surface area contributed by atoms with Gasteiger partial charge >= 0.3 is 0 Å².